The highest BCUT2D eigenvalue weighted by Gasteiger charge is 2.14. The lowest BCUT2D eigenvalue weighted by atomic mass is 10.1. The van der Waals surface area contributed by atoms with E-state index in [-0.39, 0.29) is 17.1 Å². The van der Waals surface area contributed by atoms with Crippen LogP contribution in [0, 0.1) is 13.8 Å². The summed E-state index contributed by atoms with van der Waals surface area (Å²) in [6, 6.07) is 0. The monoisotopic (exact) mass is 265 g/mol. The molecule has 0 radical (unpaired) electrons. The van der Waals surface area contributed by atoms with E-state index in [0.29, 0.717) is 6.54 Å². The van der Waals surface area contributed by atoms with Crippen LogP contribution in [0.25, 0.3) is 0 Å². The summed E-state index contributed by atoms with van der Waals surface area (Å²) in [6.45, 7) is 7.06. The maximum atomic E-state index is 11.8. The molecule has 0 bridgehead atoms. The average molecular weight is 265 g/mol. The van der Waals surface area contributed by atoms with Crippen LogP contribution < -0.4 is 5.32 Å². The number of carbonyl (C=O) groups is 2. The fourth-order valence-corrected chi connectivity index (χ4v) is 1.71. The highest BCUT2D eigenvalue weighted by Crippen LogP contribution is 2.12. The quantitative estimate of drug-likeness (QED) is 0.798. The molecule has 1 amide bonds. The van der Waals surface area contributed by atoms with Gasteiger partial charge in [-0.15, -0.1) is 0 Å². The van der Waals surface area contributed by atoms with Gasteiger partial charge in [-0.2, -0.15) is 5.10 Å². The lowest BCUT2D eigenvalue weighted by Gasteiger charge is -2.07. The molecule has 0 aliphatic heterocycles. The summed E-state index contributed by atoms with van der Waals surface area (Å²) in [5.41, 5.74) is 3.06. The van der Waals surface area contributed by atoms with Crippen molar-refractivity contribution in [2.45, 2.75) is 34.2 Å². The van der Waals surface area contributed by atoms with Gasteiger partial charge in [-0.3, -0.25) is 9.48 Å². The summed E-state index contributed by atoms with van der Waals surface area (Å²) in [4.78, 5) is 22.6. The van der Waals surface area contributed by atoms with Gasteiger partial charge in [-0.1, -0.05) is 0 Å². The first-order valence-electron chi connectivity index (χ1n) is 5.93. The average Bonchev–Trinajstić information content (AvgIpc) is 2.59. The molecule has 1 aromatic heterocycles. The van der Waals surface area contributed by atoms with Crippen LogP contribution in [0.2, 0.25) is 0 Å². The van der Waals surface area contributed by atoms with E-state index in [1.54, 1.807) is 4.68 Å². The Morgan fingerprint density at radius 2 is 1.84 bits per heavy atom. The van der Waals surface area contributed by atoms with Crippen LogP contribution in [-0.4, -0.2) is 26.8 Å². The number of aromatic nitrogens is 2. The third-order valence-corrected chi connectivity index (χ3v) is 3.31. The molecule has 0 aliphatic rings. The maximum Gasteiger partial charge on any atom is 0.331 e. The molecule has 0 saturated carbocycles. The van der Waals surface area contributed by atoms with E-state index in [1.807, 2.05) is 20.9 Å². The van der Waals surface area contributed by atoms with Gasteiger partial charge in [0.25, 0.3) is 0 Å². The van der Waals surface area contributed by atoms with Crippen molar-refractivity contribution < 1.29 is 14.7 Å². The molecular weight excluding hydrogens is 246 g/mol. The van der Waals surface area contributed by atoms with Crippen LogP contribution in [0.1, 0.15) is 30.8 Å². The van der Waals surface area contributed by atoms with Crippen molar-refractivity contribution in [1.82, 2.24) is 15.1 Å². The second-order valence-electron chi connectivity index (χ2n) is 4.51. The highest BCUT2D eigenvalue weighted by molar-refractivity contribution is 6.01. The molecule has 0 aliphatic carbocycles. The number of hydrogen-bond acceptors (Lipinski definition) is 3. The standard InChI is InChI=1S/C13H19N3O3/c1-7(8(2)13(18)19)12(17)14-6-11-9(3)15-16(5)10(11)4/h6H2,1-5H3,(H,14,17)(H,18,19). The Balaban J connectivity index is 2.80. The van der Waals surface area contributed by atoms with Crippen molar-refractivity contribution in [2.24, 2.45) is 7.05 Å². The molecule has 0 saturated heterocycles. The van der Waals surface area contributed by atoms with Crippen molar-refractivity contribution in [3.63, 3.8) is 0 Å². The van der Waals surface area contributed by atoms with Crippen LogP contribution in [0.4, 0.5) is 0 Å². The number of amides is 1. The minimum Gasteiger partial charge on any atom is -0.478 e. The van der Waals surface area contributed by atoms with Crippen molar-refractivity contribution in [3.05, 3.63) is 28.1 Å². The third-order valence-electron chi connectivity index (χ3n) is 3.31. The van der Waals surface area contributed by atoms with Gasteiger partial charge >= 0.3 is 5.97 Å². The molecule has 104 valence electrons. The number of rotatable bonds is 4. The molecule has 1 aromatic rings. The van der Waals surface area contributed by atoms with Crippen LogP contribution in [0.15, 0.2) is 11.1 Å². The van der Waals surface area contributed by atoms with E-state index in [2.05, 4.69) is 10.4 Å². The summed E-state index contributed by atoms with van der Waals surface area (Å²) in [5.74, 6) is -1.45. The molecule has 19 heavy (non-hydrogen) atoms. The van der Waals surface area contributed by atoms with Gasteiger partial charge in [0, 0.05) is 36.0 Å². The summed E-state index contributed by atoms with van der Waals surface area (Å²) in [7, 11) is 1.84. The van der Waals surface area contributed by atoms with E-state index in [0.717, 1.165) is 17.0 Å². The minimum absolute atomic E-state index is 0.0529. The molecule has 1 heterocycles. The lowest BCUT2D eigenvalue weighted by Crippen LogP contribution is -2.25. The van der Waals surface area contributed by atoms with Crippen molar-refractivity contribution >= 4 is 11.9 Å². The SMILES string of the molecule is CC(C(=O)O)=C(C)C(=O)NCc1c(C)nn(C)c1C. The summed E-state index contributed by atoms with van der Waals surface area (Å²) in [5, 5.41) is 15.8. The number of nitrogens with zero attached hydrogens (tertiary/aromatic N) is 2. The number of aryl methyl sites for hydroxylation is 2. The lowest BCUT2D eigenvalue weighted by molar-refractivity contribution is -0.133. The molecule has 0 atom stereocenters. The smallest absolute Gasteiger partial charge is 0.331 e. The van der Waals surface area contributed by atoms with Crippen LogP contribution in [0.5, 0.6) is 0 Å². The number of carbonyl (C=O) groups excluding carboxylic acids is 1. The summed E-state index contributed by atoms with van der Waals surface area (Å²) >= 11 is 0. The molecular formula is C13H19N3O3. The topological polar surface area (TPSA) is 84.2 Å². The van der Waals surface area contributed by atoms with Crippen LogP contribution >= 0.6 is 0 Å². The second kappa shape index (κ2) is 5.69. The van der Waals surface area contributed by atoms with Crippen molar-refractivity contribution in [1.29, 1.82) is 0 Å². The molecule has 0 spiro atoms. The largest absolute Gasteiger partial charge is 0.478 e. The number of carboxylic acids is 1. The Morgan fingerprint density at radius 1 is 1.26 bits per heavy atom. The highest BCUT2D eigenvalue weighted by atomic mass is 16.4. The number of carboxylic acid groups (broad SMARTS) is 1. The van der Waals surface area contributed by atoms with E-state index in [1.165, 1.54) is 13.8 Å². The molecule has 0 aromatic carbocycles. The summed E-state index contributed by atoms with van der Waals surface area (Å²) in [6.07, 6.45) is 0. The van der Waals surface area contributed by atoms with E-state index < -0.39 is 5.97 Å². The number of nitrogens with one attached hydrogen (secondary N) is 1. The van der Waals surface area contributed by atoms with Gasteiger partial charge in [0.1, 0.15) is 0 Å². The predicted octanol–water partition coefficient (Wildman–Crippen LogP) is 1.07. The zero-order valence-electron chi connectivity index (χ0n) is 11.9. The molecule has 1 rings (SSSR count). The van der Waals surface area contributed by atoms with Gasteiger partial charge in [0.2, 0.25) is 5.91 Å². The third kappa shape index (κ3) is 3.21. The molecule has 2 N–H and O–H groups in total. The number of hydrogen-bond donors (Lipinski definition) is 2. The molecule has 6 heteroatoms. The van der Waals surface area contributed by atoms with Crippen LogP contribution in [-0.2, 0) is 23.2 Å². The van der Waals surface area contributed by atoms with E-state index >= 15 is 0 Å². The Bertz CT molecular complexity index is 556. The Hall–Kier alpha value is -2.11. The first kappa shape index (κ1) is 14.9. The van der Waals surface area contributed by atoms with E-state index in [4.69, 9.17) is 5.11 Å². The van der Waals surface area contributed by atoms with Gasteiger partial charge in [-0.05, 0) is 27.7 Å². The Labute approximate surface area is 112 Å². The van der Waals surface area contributed by atoms with Gasteiger partial charge in [0.05, 0.1) is 5.69 Å². The zero-order chi connectivity index (χ0) is 14.7. The fourth-order valence-electron chi connectivity index (χ4n) is 1.71. The Morgan fingerprint density at radius 3 is 2.26 bits per heavy atom. The molecule has 0 fully saturated rings. The second-order valence-corrected chi connectivity index (χ2v) is 4.51. The predicted molar refractivity (Wildman–Crippen MR) is 70.5 cm³/mol. The normalized spacial score (nSPS) is 12.1. The van der Waals surface area contributed by atoms with E-state index in [9.17, 15) is 9.59 Å². The van der Waals surface area contributed by atoms with Crippen molar-refractivity contribution in [3.8, 4) is 0 Å². The van der Waals surface area contributed by atoms with Gasteiger partial charge < -0.3 is 10.4 Å². The Kier molecular flexibility index (Phi) is 4.47. The first-order valence-corrected chi connectivity index (χ1v) is 5.93. The fraction of sp³-hybridized carbons (Fsp3) is 0.462. The van der Waals surface area contributed by atoms with Gasteiger partial charge in [-0.25, -0.2) is 4.79 Å². The molecule has 0 unspecified atom stereocenters. The maximum absolute atomic E-state index is 11.8. The van der Waals surface area contributed by atoms with Gasteiger partial charge in [0.15, 0.2) is 0 Å². The zero-order valence-corrected chi connectivity index (χ0v) is 11.9. The summed E-state index contributed by atoms with van der Waals surface area (Å²) < 4.78 is 1.75. The first-order chi connectivity index (χ1) is 8.75. The van der Waals surface area contributed by atoms with Crippen LogP contribution in [0.3, 0.4) is 0 Å². The number of aliphatic carboxylic acids is 1. The molecule has 6 nitrogen and oxygen atoms in total. The minimum atomic E-state index is -1.08. The van der Waals surface area contributed by atoms with Crippen molar-refractivity contribution in [2.75, 3.05) is 0 Å².